The maximum Gasteiger partial charge on any atom is 0.230 e. The van der Waals surface area contributed by atoms with Gasteiger partial charge in [0.05, 0.1) is 18.5 Å². The predicted octanol–water partition coefficient (Wildman–Crippen LogP) is 0.605. The van der Waals surface area contributed by atoms with Gasteiger partial charge in [-0.25, -0.2) is 0 Å². The summed E-state index contributed by atoms with van der Waals surface area (Å²) in [6.07, 6.45) is 3.20. The molecule has 4 nitrogen and oxygen atoms in total. The van der Waals surface area contributed by atoms with Gasteiger partial charge in [0, 0.05) is 6.54 Å². The maximum atomic E-state index is 12.7. The third-order valence-corrected chi connectivity index (χ3v) is 5.27. The average Bonchev–Trinajstić information content (AvgIpc) is 3.01. The topological polar surface area (TPSA) is 52.6 Å². The molecule has 2 N–H and O–H groups in total. The molecule has 3 fully saturated rings. The summed E-state index contributed by atoms with van der Waals surface area (Å²) in [7, 11) is 0. The molecule has 2 aliphatic heterocycles. The Hall–Kier alpha value is -0.610. The van der Waals surface area contributed by atoms with Crippen LogP contribution in [0.4, 0.5) is 0 Å². The highest BCUT2D eigenvalue weighted by Gasteiger charge is 2.57. The highest BCUT2D eigenvalue weighted by molar-refractivity contribution is 5.84. The Labute approximate surface area is 109 Å². The Morgan fingerprint density at radius 1 is 1.39 bits per heavy atom. The average molecular weight is 252 g/mol. The molecule has 0 aromatic rings. The van der Waals surface area contributed by atoms with E-state index in [1.165, 1.54) is 0 Å². The molecule has 1 atom stereocenters. The van der Waals surface area contributed by atoms with Crippen molar-refractivity contribution in [3.8, 4) is 0 Å². The van der Waals surface area contributed by atoms with Crippen LogP contribution in [0.3, 0.4) is 0 Å². The summed E-state index contributed by atoms with van der Waals surface area (Å²) in [5, 5.41) is 13.6. The lowest BCUT2D eigenvalue weighted by atomic mass is 9.73. The Kier molecular flexibility index (Phi) is 2.72. The fraction of sp³-hybridized carbons (Fsp3) is 0.929. The van der Waals surface area contributed by atoms with E-state index in [0.29, 0.717) is 24.9 Å². The molecule has 0 aromatic carbocycles. The maximum absolute atomic E-state index is 12.7. The lowest BCUT2D eigenvalue weighted by molar-refractivity contribution is -0.171. The van der Waals surface area contributed by atoms with Crippen LogP contribution < -0.4 is 5.32 Å². The van der Waals surface area contributed by atoms with Crippen LogP contribution in [0.5, 0.6) is 0 Å². The minimum absolute atomic E-state index is 0.231. The van der Waals surface area contributed by atoms with Crippen LogP contribution in [0.2, 0.25) is 0 Å². The highest BCUT2D eigenvalue weighted by atomic mass is 16.3. The molecule has 2 saturated heterocycles. The third-order valence-electron chi connectivity index (χ3n) is 5.27. The number of rotatable bonds is 3. The minimum atomic E-state index is -0.556. The first-order valence-corrected chi connectivity index (χ1v) is 7.20. The van der Waals surface area contributed by atoms with Gasteiger partial charge in [-0.3, -0.25) is 4.79 Å². The first-order chi connectivity index (χ1) is 8.48. The minimum Gasteiger partial charge on any atom is -0.386 e. The first kappa shape index (κ1) is 12.4. The molecular weight excluding hydrogens is 228 g/mol. The van der Waals surface area contributed by atoms with E-state index in [9.17, 15) is 9.90 Å². The Morgan fingerprint density at radius 2 is 2.06 bits per heavy atom. The van der Waals surface area contributed by atoms with Gasteiger partial charge in [-0.2, -0.15) is 0 Å². The van der Waals surface area contributed by atoms with Crippen molar-refractivity contribution in [2.45, 2.75) is 38.7 Å². The molecular formula is C14H24N2O2. The number of nitrogens with zero attached hydrogens (tertiary/aromatic N) is 1. The molecule has 0 bridgehead atoms. The van der Waals surface area contributed by atoms with E-state index in [-0.39, 0.29) is 11.3 Å². The normalized spacial score (nSPS) is 34.8. The van der Waals surface area contributed by atoms with E-state index in [1.54, 1.807) is 0 Å². The number of hydrogen-bond donors (Lipinski definition) is 2. The van der Waals surface area contributed by atoms with Gasteiger partial charge in [0.2, 0.25) is 5.91 Å². The molecule has 0 spiro atoms. The first-order valence-electron chi connectivity index (χ1n) is 7.20. The lowest BCUT2D eigenvalue weighted by Crippen LogP contribution is -2.67. The van der Waals surface area contributed by atoms with E-state index >= 15 is 0 Å². The van der Waals surface area contributed by atoms with Crippen LogP contribution in [-0.2, 0) is 4.79 Å². The van der Waals surface area contributed by atoms with Crippen LogP contribution in [-0.4, -0.2) is 47.7 Å². The van der Waals surface area contributed by atoms with E-state index in [0.717, 1.165) is 32.4 Å². The number of nitrogens with one attached hydrogen (secondary N) is 1. The Balaban J connectivity index is 1.68. The molecule has 3 aliphatic rings. The summed E-state index contributed by atoms with van der Waals surface area (Å²) in [5.74, 6) is 1.07. The van der Waals surface area contributed by atoms with Gasteiger partial charge in [-0.1, -0.05) is 13.8 Å². The lowest BCUT2D eigenvalue weighted by Gasteiger charge is -2.50. The second-order valence-corrected chi connectivity index (χ2v) is 6.78. The summed E-state index contributed by atoms with van der Waals surface area (Å²) < 4.78 is 0. The smallest absolute Gasteiger partial charge is 0.230 e. The van der Waals surface area contributed by atoms with Crippen molar-refractivity contribution in [2.24, 2.45) is 17.3 Å². The molecule has 1 aliphatic carbocycles. The van der Waals surface area contributed by atoms with Crippen LogP contribution in [0.1, 0.15) is 33.1 Å². The fourth-order valence-electron chi connectivity index (χ4n) is 3.59. The van der Waals surface area contributed by atoms with Gasteiger partial charge in [0.1, 0.15) is 5.60 Å². The van der Waals surface area contributed by atoms with Crippen LogP contribution in [0.25, 0.3) is 0 Å². The van der Waals surface area contributed by atoms with Crippen molar-refractivity contribution >= 4 is 5.91 Å². The monoisotopic (exact) mass is 252 g/mol. The van der Waals surface area contributed by atoms with Gasteiger partial charge in [-0.15, -0.1) is 0 Å². The molecule has 4 heteroatoms. The molecule has 1 unspecified atom stereocenters. The van der Waals surface area contributed by atoms with Crippen molar-refractivity contribution < 1.29 is 9.90 Å². The zero-order valence-corrected chi connectivity index (χ0v) is 11.4. The second-order valence-electron chi connectivity index (χ2n) is 6.78. The highest BCUT2D eigenvalue weighted by Crippen LogP contribution is 2.46. The number of amides is 1. The van der Waals surface area contributed by atoms with Gasteiger partial charge < -0.3 is 15.3 Å². The predicted molar refractivity (Wildman–Crippen MR) is 69.0 cm³/mol. The molecule has 0 radical (unpaired) electrons. The Bertz CT molecular complexity index is 351. The van der Waals surface area contributed by atoms with Crippen molar-refractivity contribution in [1.29, 1.82) is 0 Å². The van der Waals surface area contributed by atoms with Crippen molar-refractivity contribution in [2.75, 3.05) is 26.2 Å². The van der Waals surface area contributed by atoms with E-state index in [4.69, 9.17) is 0 Å². The summed E-state index contributed by atoms with van der Waals surface area (Å²) in [6, 6.07) is 0. The van der Waals surface area contributed by atoms with Crippen molar-refractivity contribution in [3.63, 3.8) is 0 Å². The van der Waals surface area contributed by atoms with Crippen molar-refractivity contribution in [1.82, 2.24) is 10.2 Å². The molecule has 2 heterocycles. The summed E-state index contributed by atoms with van der Waals surface area (Å²) in [4.78, 5) is 14.6. The number of aliphatic hydroxyl groups is 1. The summed E-state index contributed by atoms with van der Waals surface area (Å²) in [6.45, 7) is 7.12. The second kappa shape index (κ2) is 3.94. The standard InChI is InChI=1S/C14H24N2O2/c1-10(2)13(5-6-15-7-13)12(17)16-8-14(18,9-16)11-3-4-11/h10-11,15,18H,3-9H2,1-2H3. The molecule has 102 valence electrons. The quantitative estimate of drug-likeness (QED) is 0.773. The molecule has 18 heavy (non-hydrogen) atoms. The number of β-amino-alcohol motifs (C(OH)–C–C–N with tert-alkyl or cyclic N) is 1. The van der Waals surface area contributed by atoms with Gasteiger partial charge >= 0.3 is 0 Å². The van der Waals surface area contributed by atoms with Gasteiger partial charge in [0.15, 0.2) is 0 Å². The van der Waals surface area contributed by atoms with Gasteiger partial charge in [0.25, 0.3) is 0 Å². The van der Waals surface area contributed by atoms with Gasteiger partial charge in [-0.05, 0) is 37.6 Å². The number of carbonyl (C=O) groups is 1. The zero-order valence-electron chi connectivity index (χ0n) is 11.4. The molecule has 0 aromatic heterocycles. The van der Waals surface area contributed by atoms with Crippen molar-refractivity contribution in [3.05, 3.63) is 0 Å². The van der Waals surface area contributed by atoms with E-state index in [2.05, 4.69) is 19.2 Å². The number of carbonyl (C=O) groups excluding carboxylic acids is 1. The van der Waals surface area contributed by atoms with Crippen LogP contribution in [0, 0.1) is 17.3 Å². The SMILES string of the molecule is CC(C)C1(C(=O)N2CC(O)(C3CC3)C2)CCNC1. The number of hydrogen-bond acceptors (Lipinski definition) is 3. The van der Waals surface area contributed by atoms with E-state index in [1.807, 2.05) is 4.90 Å². The van der Waals surface area contributed by atoms with Crippen LogP contribution >= 0.6 is 0 Å². The summed E-state index contributed by atoms with van der Waals surface area (Å²) in [5.41, 5.74) is -0.787. The molecule has 1 saturated carbocycles. The number of likely N-dealkylation sites (tertiary alicyclic amines) is 1. The molecule has 3 rings (SSSR count). The fourth-order valence-corrected chi connectivity index (χ4v) is 3.59. The van der Waals surface area contributed by atoms with Crippen LogP contribution in [0.15, 0.2) is 0 Å². The zero-order chi connectivity index (χ0) is 13.0. The molecule has 1 amide bonds. The van der Waals surface area contributed by atoms with E-state index < -0.39 is 5.60 Å². The third kappa shape index (κ3) is 1.69. The Morgan fingerprint density at radius 3 is 2.50 bits per heavy atom. The largest absolute Gasteiger partial charge is 0.386 e. The summed E-state index contributed by atoms with van der Waals surface area (Å²) >= 11 is 0.